The standard InChI is InChI=1S/C14H10N4O3/c19-13-4-1-10(8-21-13)14(20)17-11-2-3-12(16-7-11)18-6-5-15-9-18/h1-9H,(H,17,20). The Morgan fingerprint density at radius 2 is 2.14 bits per heavy atom. The zero-order valence-corrected chi connectivity index (χ0v) is 10.8. The lowest BCUT2D eigenvalue weighted by molar-refractivity contribution is 0.102. The molecule has 7 heteroatoms. The first-order valence-corrected chi connectivity index (χ1v) is 6.07. The minimum Gasteiger partial charge on any atom is -0.430 e. The van der Waals surface area contributed by atoms with Gasteiger partial charge >= 0.3 is 5.63 Å². The maximum absolute atomic E-state index is 11.9. The molecule has 3 aromatic heterocycles. The van der Waals surface area contributed by atoms with E-state index in [-0.39, 0.29) is 11.5 Å². The second-order valence-corrected chi connectivity index (χ2v) is 4.17. The summed E-state index contributed by atoms with van der Waals surface area (Å²) in [4.78, 5) is 30.9. The number of rotatable bonds is 3. The van der Waals surface area contributed by atoms with Gasteiger partial charge in [0, 0.05) is 18.5 Å². The molecule has 0 unspecified atom stereocenters. The van der Waals surface area contributed by atoms with Crippen LogP contribution < -0.4 is 10.9 Å². The SMILES string of the molecule is O=C(Nc1ccc(-n2ccnc2)nc1)c1ccc(=O)oc1. The van der Waals surface area contributed by atoms with Gasteiger partial charge in [0.05, 0.1) is 17.4 Å². The van der Waals surface area contributed by atoms with Crippen molar-refractivity contribution in [2.45, 2.75) is 0 Å². The van der Waals surface area contributed by atoms with Gasteiger partial charge in [-0.2, -0.15) is 0 Å². The van der Waals surface area contributed by atoms with Crippen molar-refractivity contribution >= 4 is 11.6 Å². The van der Waals surface area contributed by atoms with Gasteiger partial charge in [-0.05, 0) is 18.2 Å². The third-order valence-electron chi connectivity index (χ3n) is 2.74. The molecule has 21 heavy (non-hydrogen) atoms. The largest absolute Gasteiger partial charge is 0.430 e. The average molecular weight is 282 g/mol. The lowest BCUT2D eigenvalue weighted by Crippen LogP contribution is -2.13. The van der Waals surface area contributed by atoms with Crippen molar-refractivity contribution in [2.24, 2.45) is 0 Å². The number of pyridine rings is 1. The number of amides is 1. The molecular formula is C14H10N4O3. The van der Waals surface area contributed by atoms with Gasteiger partial charge in [-0.25, -0.2) is 14.8 Å². The quantitative estimate of drug-likeness (QED) is 0.785. The Hall–Kier alpha value is -3.22. The zero-order valence-electron chi connectivity index (χ0n) is 10.8. The fourth-order valence-electron chi connectivity index (χ4n) is 1.70. The summed E-state index contributed by atoms with van der Waals surface area (Å²) in [7, 11) is 0. The number of hydrogen-bond donors (Lipinski definition) is 1. The summed E-state index contributed by atoms with van der Waals surface area (Å²) in [6.07, 6.45) is 7.71. The van der Waals surface area contributed by atoms with Gasteiger partial charge in [0.2, 0.25) is 0 Å². The van der Waals surface area contributed by atoms with E-state index in [4.69, 9.17) is 0 Å². The van der Waals surface area contributed by atoms with Crippen molar-refractivity contribution in [1.29, 1.82) is 0 Å². The number of carbonyl (C=O) groups is 1. The van der Waals surface area contributed by atoms with E-state index in [1.807, 2.05) is 0 Å². The van der Waals surface area contributed by atoms with E-state index in [9.17, 15) is 9.59 Å². The maximum Gasteiger partial charge on any atom is 0.335 e. The van der Waals surface area contributed by atoms with Gasteiger partial charge in [0.15, 0.2) is 0 Å². The molecule has 0 aliphatic carbocycles. The van der Waals surface area contributed by atoms with E-state index >= 15 is 0 Å². The van der Waals surface area contributed by atoms with Crippen molar-refractivity contribution in [3.8, 4) is 5.82 Å². The minimum atomic E-state index is -0.502. The molecule has 0 saturated carbocycles. The summed E-state index contributed by atoms with van der Waals surface area (Å²) in [6, 6.07) is 6.06. The van der Waals surface area contributed by atoms with Gasteiger partial charge in [0.1, 0.15) is 18.4 Å². The van der Waals surface area contributed by atoms with Crippen LogP contribution in [0.15, 0.2) is 64.7 Å². The van der Waals surface area contributed by atoms with E-state index < -0.39 is 5.63 Å². The minimum absolute atomic E-state index is 0.258. The number of anilines is 1. The van der Waals surface area contributed by atoms with Crippen LogP contribution >= 0.6 is 0 Å². The number of imidazole rings is 1. The van der Waals surface area contributed by atoms with Crippen molar-refractivity contribution in [2.75, 3.05) is 5.32 Å². The summed E-state index contributed by atoms with van der Waals surface area (Å²) in [5, 5.41) is 2.66. The summed E-state index contributed by atoms with van der Waals surface area (Å²) in [6.45, 7) is 0. The smallest absolute Gasteiger partial charge is 0.335 e. The second kappa shape index (κ2) is 5.41. The molecule has 0 aromatic carbocycles. The summed E-state index contributed by atoms with van der Waals surface area (Å²) >= 11 is 0. The first-order chi connectivity index (χ1) is 10.2. The van der Waals surface area contributed by atoms with Gasteiger partial charge in [-0.3, -0.25) is 9.36 Å². The van der Waals surface area contributed by atoms with Gasteiger partial charge in [-0.1, -0.05) is 0 Å². The van der Waals surface area contributed by atoms with E-state index in [0.717, 1.165) is 6.26 Å². The Kier molecular flexibility index (Phi) is 3.30. The summed E-state index contributed by atoms with van der Waals surface area (Å²) in [5.41, 5.74) is 0.293. The van der Waals surface area contributed by atoms with E-state index in [2.05, 4.69) is 19.7 Å². The molecule has 0 aliphatic heterocycles. The fourth-order valence-corrected chi connectivity index (χ4v) is 1.70. The topological polar surface area (TPSA) is 90.0 Å². The van der Waals surface area contributed by atoms with Crippen LogP contribution in [0.4, 0.5) is 5.69 Å². The number of hydrogen-bond acceptors (Lipinski definition) is 5. The summed E-state index contributed by atoms with van der Waals surface area (Å²) < 4.78 is 6.39. The highest BCUT2D eigenvalue weighted by molar-refractivity contribution is 6.03. The van der Waals surface area contributed by atoms with Crippen LogP contribution in [0.3, 0.4) is 0 Å². The van der Waals surface area contributed by atoms with Crippen LogP contribution in [-0.4, -0.2) is 20.4 Å². The molecule has 7 nitrogen and oxygen atoms in total. The molecule has 0 radical (unpaired) electrons. The molecular weight excluding hydrogens is 272 g/mol. The normalized spacial score (nSPS) is 10.3. The molecule has 1 N–H and O–H groups in total. The molecule has 0 saturated heterocycles. The first-order valence-electron chi connectivity index (χ1n) is 6.07. The molecule has 0 bridgehead atoms. The predicted molar refractivity (Wildman–Crippen MR) is 74.3 cm³/mol. The number of nitrogens with one attached hydrogen (secondary N) is 1. The van der Waals surface area contributed by atoms with Crippen LogP contribution in [0.25, 0.3) is 5.82 Å². The molecule has 3 aromatic rings. The van der Waals surface area contributed by atoms with Crippen molar-refractivity contribution in [3.63, 3.8) is 0 Å². The van der Waals surface area contributed by atoms with E-state index in [1.54, 1.807) is 35.4 Å². The molecule has 3 heterocycles. The molecule has 0 atom stereocenters. The Morgan fingerprint density at radius 3 is 2.76 bits per heavy atom. The van der Waals surface area contributed by atoms with Crippen LogP contribution in [0.2, 0.25) is 0 Å². The van der Waals surface area contributed by atoms with Crippen molar-refractivity contribution in [1.82, 2.24) is 14.5 Å². The Labute approximate surface area is 118 Å². The number of carbonyl (C=O) groups excluding carboxylic acids is 1. The molecule has 3 rings (SSSR count). The third-order valence-corrected chi connectivity index (χ3v) is 2.74. The Morgan fingerprint density at radius 1 is 1.24 bits per heavy atom. The third kappa shape index (κ3) is 2.86. The van der Waals surface area contributed by atoms with Crippen molar-refractivity contribution < 1.29 is 9.21 Å². The Bertz CT molecular complexity index is 786. The van der Waals surface area contributed by atoms with Crippen LogP contribution in [0, 0.1) is 0 Å². The second-order valence-electron chi connectivity index (χ2n) is 4.17. The van der Waals surface area contributed by atoms with Crippen LogP contribution in [-0.2, 0) is 0 Å². The molecule has 1 amide bonds. The van der Waals surface area contributed by atoms with Gasteiger partial charge in [-0.15, -0.1) is 0 Å². The van der Waals surface area contributed by atoms with E-state index in [1.165, 1.54) is 18.3 Å². The monoisotopic (exact) mass is 282 g/mol. The lowest BCUT2D eigenvalue weighted by Gasteiger charge is -2.05. The predicted octanol–water partition coefficient (Wildman–Crippen LogP) is 1.47. The van der Waals surface area contributed by atoms with Crippen molar-refractivity contribution in [3.05, 3.63) is 71.4 Å². The number of aromatic nitrogens is 3. The maximum atomic E-state index is 11.9. The van der Waals surface area contributed by atoms with E-state index in [0.29, 0.717) is 11.5 Å². The Balaban J connectivity index is 1.74. The van der Waals surface area contributed by atoms with Gasteiger partial charge in [0.25, 0.3) is 5.91 Å². The average Bonchev–Trinajstić information content (AvgIpc) is 3.03. The molecule has 0 aliphatic rings. The summed E-state index contributed by atoms with van der Waals surface area (Å²) in [5.74, 6) is 0.312. The highest BCUT2D eigenvalue weighted by Gasteiger charge is 2.07. The van der Waals surface area contributed by atoms with Crippen LogP contribution in [0.1, 0.15) is 10.4 Å². The molecule has 0 fully saturated rings. The highest BCUT2D eigenvalue weighted by Crippen LogP contribution is 2.10. The lowest BCUT2D eigenvalue weighted by atomic mass is 10.3. The zero-order chi connectivity index (χ0) is 14.7. The highest BCUT2D eigenvalue weighted by atomic mass is 16.4. The van der Waals surface area contributed by atoms with Crippen LogP contribution in [0.5, 0.6) is 0 Å². The number of nitrogens with zero attached hydrogens (tertiary/aromatic N) is 3. The molecule has 104 valence electrons. The first kappa shape index (κ1) is 12.8. The molecule has 0 spiro atoms. The fraction of sp³-hybridized carbons (Fsp3) is 0. The van der Waals surface area contributed by atoms with Gasteiger partial charge < -0.3 is 9.73 Å².